The van der Waals surface area contributed by atoms with Crippen molar-refractivity contribution in [2.45, 2.75) is 111 Å². The zero-order valence-electron chi connectivity index (χ0n) is 28.3. The van der Waals surface area contributed by atoms with Crippen LogP contribution in [0.15, 0.2) is 30.3 Å². The summed E-state index contributed by atoms with van der Waals surface area (Å²) < 4.78 is 0. The van der Waals surface area contributed by atoms with Gasteiger partial charge in [-0.1, -0.05) is 85.7 Å². The molecule has 0 aromatic heterocycles. The molecule has 1 aliphatic heterocycles. The molecule has 246 valence electrons. The van der Waals surface area contributed by atoms with Crippen molar-refractivity contribution < 1.29 is 24.0 Å². The summed E-state index contributed by atoms with van der Waals surface area (Å²) in [5, 5.41) is 8.76. The van der Waals surface area contributed by atoms with Crippen LogP contribution in [0.1, 0.15) is 80.2 Å². The zero-order valence-corrected chi connectivity index (χ0v) is 28.3. The number of hydrogen-bond acceptors (Lipinski definition) is 5. The molecule has 1 saturated heterocycles. The number of carbonyl (C=O) groups is 5. The zero-order chi connectivity index (χ0) is 33.3. The first kappa shape index (κ1) is 36.8. The maximum atomic E-state index is 14.2. The summed E-state index contributed by atoms with van der Waals surface area (Å²) in [6.07, 6.45) is 1.29. The molecule has 0 saturated carbocycles. The third-order valence-corrected chi connectivity index (χ3v) is 8.09. The highest BCUT2D eigenvalue weighted by Crippen LogP contribution is 2.19. The topological polar surface area (TPSA) is 128 Å². The van der Waals surface area contributed by atoms with Gasteiger partial charge < -0.3 is 25.8 Å². The Morgan fingerprint density at radius 1 is 0.591 bits per heavy atom. The van der Waals surface area contributed by atoms with E-state index in [1.807, 2.05) is 85.7 Å². The molecule has 0 unspecified atom stereocenters. The molecule has 44 heavy (non-hydrogen) atoms. The smallest absolute Gasteiger partial charge is 0.245 e. The molecule has 0 bridgehead atoms. The van der Waals surface area contributed by atoms with Crippen molar-refractivity contribution in [1.82, 2.24) is 25.8 Å². The molecule has 1 heterocycles. The second-order valence-electron chi connectivity index (χ2n) is 13.9. The van der Waals surface area contributed by atoms with E-state index in [4.69, 9.17) is 0 Å². The summed E-state index contributed by atoms with van der Waals surface area (Å²) in [5.74, 6) is -2.27. The lowest BCUT2D eigenvalue weighted by Gasteiger charge is -2.35. The van der Waals surface area contributed by atoms with Crippen molar-refractivity contribution in [1.29, 1.82) is 0 Å². The number of likely N-dealkylation sites (N-methyl/N-ethyl adjacent to an activating group) is 2. The Bertz CT molecular complexity index is 1140. The fraction of sp³-hybridized carbons (Fsp3) is 0.676. The van der Waals surface area contributed by atoms with Crippen LogP contribution >= 0.6 is 0 Å². The van der Waals surface area contributed by atoms with E-state index in [2.05, 4.69) is 16.0 Å². The number of amides is 5. The second kappa shape index (κ2) is 16.6. The van der Waals surface area contributed by atoms with Crippen LogP contribution in [0.4, 0.5) is 0 Å². The van der Waals surface area contributed by atoms with Crippen LogP contribution in [-0.2, 0) is 30.4 Å². The van der Waals surface area contributed by atoms with Gasteiger partial charge in [0, 0.05) is 20.5 Å². The van der Waals surface area contributed by atoms with Gasteiger partial charge in [0.05, 0.1) is 0 Å². The first-order valence-corrected chi connectivity index (χ1v) is 16.0. The first-order chi connectivity index (χ1) is 20.5. The lowest BCUT2D eigenvalue weighted by molar-refractivity contribution is -0.145. The third kappa shape index (κ3) is 10.3. The summed E-state index contributed by atoms with van der Waals surface area (Å²) in [7, 11) is 3.14. The molecule has 10 nitrogen and oxygen atoms in total. The Kier molecular flexibility index (Phi) is 13.9. The molecular formula is C34H55N5O5. The van der Waals surface area contributed by atoms with Crippen LogP contribution in [0.25, 0.3) is 0 Å². The standard InChI is InChI=1S/C34H55N5O5/c1-20(2)16-25-30(40)37-29(23(7)8)34(44)39(10)28(18-22(5)6)32(42)36-26(19-24-14-12-11-13-15-24)33(43)38(9)27(17-21(3)4)31(41)35-25/h11-15,20-23,25-29H,16-19H2,1-10H3,(H,35,41)(H,36,42)(H,37,40)/t25-,26-,27-,28-,29-/m0/s1. The largest absolute Gasteiger partial charge is 0.343 e. The van der Waals surface area contributed by atoms with Crippen molar-refractivity contribution in [3.63, 3.8) is 0 Å². The summed E-state index contributed by atoms with van der Waals surface area (Å²) in [6, 6.07) is 4.83. The summed E-state index contributed by atoms with van der Waals surface area (Å²) in [5.41, 5.74) is 0.846. The number of carbonyl (C=O) groups excluding carboxylic acids is 5. The van der Waals surface area contributed by atoms with Crippen LogP contribution < -0.4 is 16.0 Å². The van der Waals surface area contributed by atoms with Crippen molar-refractivity contribution in [2.24, 2.45) is 23.7 Å². The van der Waals surface area contributed by atoms with Gasteiger partial charge in [-0.25, -0.2) is 0 Å². The Hall–Kier alpha value is -3.43. The number of nitrogens with one attached hydrogen (secondary N) is 3. The van der Waals surface area contributed by atoms with Gasteiger partial charge in [0.15, 0.2) is 0 Å². The van der Waals surface area contributed by atoms with Gasteiger partial charge in [-0.05, 0) is 48.5 Å². The van der Waals surface area contributed by atoms with Crippen LogP contribution in [0, 0.1) is 23.7 Å². The highest BCUT2D eigenvalue weighted by atomic mass is 16.2. The molecule has 1 aliphatic rings. The Morgan fingerprint density at radius 3 is 1.50 bits per heavy atom. The molecule has 0 spiro atoms. The second-order valence-corrected chi connectivity index (χ2v) is 13.9. The lowest BCUT2D eigenvalue weighted by Crippen LogP contribution is -2.59. The molecule has 1 aromatic rings. The minimum Gasteiger partial charge on any atom is -0.343 e. The van der Waals surface area contributed by atoms with Gasteiger partial charge in [-0.3, -0.25) is 24.0 Å². The molecule has 3 N–H and O–H groups in total. The van der Waals surface area contributed by atoms with Gasteiger partial charge in [-0.15, -0.1) is 0 Å². The van der Waals surface area contributed by atoms with E-state index in [0.29, 0.717) is 19.3 Å². The van der Waals surface area contributed by atoms with E-state index in [9.17, 15) is 24.0 Å². The average Bonchev–Trinajstić information content (AvgIpc) is 2.94. The Morgan fingerprint density at radius 2 is 1.05 bits per heavy atom. The fourth-order valence-electron chi connectivity index (χ4n) is 5.60. The Balaban J connectivity index is 2.72. The minimum atomic E-state index is -0.979. The van der Waals surface area contributed by atoms with Gasteiger partial charge in [0.2, 0.25) is 29.5 Å². The molecule has 1 aromatic carbocycles. The van der Waals surface area contributed by atoms with E-state index in [0.717, 1.165) is 5.56 Å². The Labute approximate surface area is 264 Å². The van der Waals surface area contributed by atoms with Crippen LogP contribution in [0.2, 0.25) is 0 Å². The SMILES string of the molecule is CC(C)C[C@@H]1NC(=O)[C@H](CC(C)C)N(C)C(=O)[C@H](Cc2ccccc2)NC(=O)[C@H](CC(C)C)N(C)C(=O)[C@H](C(C)C)NC1=O. The van der Waals surface area contributed by atoms with E-state index in [1.165, 1.54) is 9.80 Å². The molecule has 1 fully saturated rings. The summed E-state index contributed by atoms with van der Waals surface area (Å²) in [4.78, 5) is 72.5. The maximum absolute atomic E-state index is 14.2. The molecule has 0 aliphatic carbocycles. The molecule has 2 rings (SSSR count). The highest BCUT2D eigenvalue weighted by Gasteiger charge is 2.39. The van der Waals surface area contributed by atoms with Crippen molar-refractivity contribution in [2.75, 3.05) is 14.1 Å². The molecule has 5 atom stereocenters. The van der Waals surface area contributed by atoms with Crippen LogP contribution in [0.5, 0.6) is 0 Å². The van der Waals surface area contributed by atoms with Gasteiger partial charge in [0.25, 0.3) is 0 Å². The third-order valence-electron chi connectivity index (χ3n) is 8.09. The molecular weight excluding hydrogens is 558 g/mol. The van der Waals surface area contributed by atoms with Gasteiger partial charge >= 0.3 is 0 Å². The van der Waals surface area contributed by atoms with Gasteiger partial charge in [-0.2, -0.15) is 0 Å². The van der Waals surface area contributed by atoms with Crippen LogP contribution in [-0.4, -0.2) is 83.6 Å². The highest BCUT2D eigenvalue weighted by molar-refractivity contribution is 5.98. The van der Waals surface area contributed by atoms with E-state index < -0.39 is 59.7 Å². The molecule has 0 radical (unpaired) electrons. The number of hydrogen-bond donors (Lipinski definition) is 3. The quantitative estimate of drug-likeness (QED) is 0.394. The van der Waals surface area contributed by atoms with Gasteiger partial charge in [0.1, 0.15) is 30.2 Å². The maximum Gasteiger partial charge on any atom is 0.245 e. The monoisotopic (exact) mass is 613 g/mol. The van der Waals surface area contributed by atoms with Crippen molar-refractivity contribution >= 4 is 29.5 Å². The number of benzene rings is 1. The lowest BCUT2D eigenvalue weighted by atomic mass is 9.97. The van der Waals surface area contributed by atoms with E-state index in [-0.39, 0.29) is 30.1 Å². The fourth-order valence-corrected chi connectivity index (χ4v) is 5.60. The normalized spacial score (nSPS) is 24.9. The predicted octanol–water partition coefficient (Wildman–Crippen LogP) is 3.15. The first-order valence-electron chi connectivity index (χ1n) is 16.0. The summed E-state index contributed by atoms with van der Waals surface area (Å²) in [6.45, 7) is 15.4. The van der Waals surface area contributed by atoms with Crippen molar-refractivity contribution in [3.8, 4) is 0 Å². The number of rotatable bonds is 9. The minimum absolute atomic E-state index is 0.0637. The predicted molar refractivity (Wildman–Crippen MR) is 172 cm³/mol. The number of nitrogens with zero attached hydrogens (tertiary/aromatic N) is 2. The van der Waals surface area contributed by atoms with E-state index in [1.54, 1.807) is 14.1 Å². The van der Waals surface area contributed by atoms with Crippen LogP contribution in [0.3, 0.4) is 0 Å². The molecule has 10 heteroatoms. The average molecular weight is 614 g/mol. The van der Waals surface area contributed by atoms with E-state index >= 15 is 0 Å². The summed E-state index contributed by atoms with van der Waals surface area (Å²) >= 11 is 0. The van der Waals surface area contributed by atoms with Crippen molar-refractivity contribution in [3.05, 3.63) is 35.9 Å². The molecule has 5 amide bonds.